The van der Waals surface area contributed by atoms with Gasteiger partial charge in [-0.05, 0) is 44.4 Å². The largest absolute Gasteiger partial charge is 0.494 e. The lowest BCUT2D eigenvalue weighted by molar-refractivity contribution is 0.264. The van der Waals surface area contributed by atoms with E-state index < -0.39 is 0 Å². The summed E-state index contributed by atoms with van der Waals surface area (Å²) in [5, 5.41) is 8.90. The van der Waals surface area contributed by atoms with Crippen LogP contribution < -0.4 is 10.5 Å². The Hall–Kier alpha value is -1.53. The van der Waals surface area contributed by atoms with E-state index >= 15 is 0 Å². The number of rotatable bonds is 6. The molecule has 1 atom stereocenters. The lowest BCUT2D eigenvalue weighted by Gasteiger charge is -2.15. The maximum atomic E-state index is 8.90. The van der Waals surface area contributed by atoms with Crippen molar-refractivity contribution in [3.05, 3.63) is 29.8 Å². The van der Waals surface area contributed by atoms with Crippen molar-refractivity contribution in [3.8, 4) is 11.8 Å². The molecule has 3 heteroatoms. The van der Waals surface area contributed by atoms with E-state index in [1.54, 1.807) is 0 Å². The standard InChI is InChI=1S/C15H22N2O/c1-4-14(17)12-5-7-13(8-6-12)18-10-9-15(2,3)11-16/h5-8,14H,4,9-10,17H2,1-3H3. The van der Waals surface area contributed by atoms with Crippen molar-refractivity contribution in [2.75, 3.05) is 6.61 Å². The zero-order chi connectivity index (χ0) is 13.6. The summed E-state index contributed by atoms with van der Waals surface area (Å²) in [6, 6.07) is 10.2. The van der Waals surface area contributed by atoms with Crippen molar-refractivity contribution in [1.29, 1.82) is 5.26 Å². The van der Waals surface area contributed by atoms with E-state index in [1.807, 2.05) is 38.1 Å². The first kappa shape index (κ1) is 14.5. The van der Waals surface area contributed by atoms with Crippen LogP contribution in [0.15, 0.2) is 24.3 Å². The van der Waals surface area contributed by atoms with Gasteiger partial charge in [-0.15, -0.1) is 0 Å². The SMILES string of the molecule is CCC(N)c1ccc(OCCC(C)(C)C#N)cc1. The van der Waals surface area contributed by atoms with Crippen LogP contribution in [-0.2, 0) is 0 Å². The first-order valence-electron chi connectivity index (χ1n) is 6.38. The molecule has 3 nitrogen and oxygen atoms in total. The molecule has 0 saturated carbocycles. The summed E-state index contributed by atoms with van der Waals surface area (Å²) >= 11 is 0. The molecule has 0 bridgehead atoms. The molecule has 0 saturated heterocycles. The molecule has 1 aromatic rings. The van der Waals surface area contributed by atoms with Crippen LogP contribution in [0.5, 0.6) is 5.75 Å². The van der Waals surface area contributed by atoms with Crippen molar-refractivity contribution in [2.45, 2.75) is 39.7 Å². The van der Waals surface area contributed by atoms with Gasteiger partial charge in [0.2, 0.25) is 0 Å². The van der Waals surface area contributed by atoms with E-state index in [2.05, 4.69) is 13.0 Å². The van der Waals surface area contributed by atoms with Gasteiger partial charge in [0.25, 0.3) is 0 Å². The van der Waals surface area contributed by atoms with Crippen molar-refractivity contribution in [3.63, 3.8) is 0 Å². The molecule has 0 fully saturated rings. The Kier molecular flexibility index (Phi) is 5.18. The van der Waals surface area contributed by atoms with Crippen LogP contribution in [0.2, 0.25) is 0 Å². The fourth-order valence-electron chi connectivity index (χ4n) is 1.53. The fraction of sp³-hybridized carbons (Fsp3) is 0.533. The van der Waals surface area contributed by atoms with Gasteiger partial charge >= 0.3 is 0 Å². The number of hydrogen-bond acceptors (Lipinski definition) is 3. The van der Waals surface area contributed by atoms with E-state index in [4.69, 9.17) is 15.7 Å². The summed E-state index contributed by atoms with van der Waals surface area (Å²) < 4.78 is 5.62. The quantitative estimate of drug-likeness (QED) is 0.836. The zero-order valence-electron chi connectivity index (χ0n) is 11.4. The van der Waals surface area contributed by atoms with E-state index in [-0.39, 0.29) is 11.5 Å². The van der Waals surface area contributed by atoms with E-state index in [1.165, 1.54) is 0 Å². The molecule has 0 aliphatic heterocycles. The van der Waals surface area contributed by atoms with Gasteiger partial charge in [-0.25, -0.2) is 0 Å². The van der Waals surface area contributed by atoms with Gasteiger partial charge < -0.3 is 10.5 Å². The van der Waals surface area contributed by atoms with Gasteiger partial charge in [-0.2, -0.15) is 5.26 Å². The average Bonchev–Trinajstić information content (AvgIpc) is 2.38. The molecule has 0 amide bonds. The Bertz CT molecular complexity index is 403. The smallest absolute Gasteiger partial charge is 0.119 e. The third-order valence-electron chi connectivity index (χ3n) is 3.05. The van der Waals surface area contributed by atoms with Gasteiger partial charge in [0.05, 0.1) is 18.1 Å². The van der Waals surface area contributed by atoms with Crippen molar-refractivity contribution in [2.24, 2.45) is 11.1 Å². The number of benzene rings is 1. The highest BCUT2D eigenvalue weighted by molar-refractivity contribution is 5.28. The Morgan fingerprint density at radius 1 is 1.33 bits per heavy atom. The summed E-state index contributed by atoms with van der Waals surface area (Å²) in [7, 11) is 0. The number of hydrogen-bond donors (Lipinski definition) is 1. The van der Waals surface area contributed by atoms with E-state index in [0.717, 1.165) is 24.2 Å². The molecule has 2 N–H and O–H groups in total. The zero-order valence-corrected chi connectivity index (χ0v) is 11.4. The lowest BCUT2D eigenvalue weighted by atomic mass is 9.92. The molecule has 18 heavy (non-hydrogen) atoms. The van der Waals surface area contributed by atoms with Crippen LogP contribution >= 0.6 is 0 Å². The van der Waals surface area contributed by atoms with Crippen LogP contribution in [0.25, 0.3) is 0 Å². The first-order valence-corrected chi connectivity index (χ1v) is 6.38. The minimum absolute atomic E-state index is 0.0940. The normalized spacial score (nSPS) is 12.8. The minimum Gasteiger partial charge on any atom is -0.494 e. The molecule has 0 aliphatic carbocycles. The van der Waals surface area contributed by atoms with Gasteiger partial charge in [0.1, 0.15) is 5.75 Å². The molecule has 0 aliphatic rings. The highest BCUT2D eigenvalue weighted by atomic mass is 16.5. The van der Waals surface area contributed by atoms with Gasteiger partial charge in [0.15, 0.2) is 0 Å². The van der Waals surface area contributed by atoms with Gasteiger partial charge in [-0.1, -0.05) is 19.1 Å². The third kappa shape index (κ3) is 4.38. The molecular formula is C15H22N2O. The van der Waals surface area contributed by atoms with Crippen molar-refractivity contribution < 1.29 is 4.74 Å². The van der Waals surface area contributed by atoms with Gasteiger partial charge in [-0.3, -0.25) is 0 Å². The summed E-state index contributed by atoms with van der Waals surface area (Å²) in [6.07, 6.45) is 1.65. The van der Waals surface area contributed by atoms with E-state index in [0.29, 0.717) is 6.61 Å². The second-order valence-electron chi connectivity index (χ2n) is 5.18. The van der Waals surface area contributed by atoms with Crippen molar-refractivity contribution in [1.82, 2.24) is 0 Å². The highest BCUT2D eigenvalue weighted by Gasteiger charge is 2.16. The monoisotopic (exact) mass is 246 g/mol. The topological polar surface area (TPSA) is 59.0 Å². The molecule has 0 heterocycles. The molecule has 98 valence electrons. The highest BCUT2D eigenvalue weighted by Crippen LogP contribution is 2.21. The van der Waals surface area contributed by atoms with Crippen LogP contribution in [0, 0.1) is 16.7 Å². The molecule has 0 radical (unpaired) electrons. The molecule has 0 aromatic heterocycles. The number of nitriles is 1. The minimum atomic E-state index is -0.329. The fourth-order valence-corrected chi connectivity index (χ4v) is 1.53. The Morgan fingerprint density at radius 2 is 1.94 bits per heavy atom. The average molecular weight is 246 g/mol. The molecule has 1 aromatic carbocycles. The molecule has 1 unspecified atom stereocenters. The predicted octanol–water partition coefficient (Wildman–Crippen LogP) is 3.42. The second kappa shape index (κ2) is 6.42. The van der Waals surface area contributed by atoms with Crippen molar-refractivity contribution >= 4 is 0 Å². The lowest BCUT2D eigenvalue weighted by Crippen LogP contribution is -2.13. The third-order valence-corrected chi connectivity index (χ3v) is 3.05. The molecule has 0 spiro atoms. The van der Waals surface area contributed by atoms with Crippen LogP contribution in [-0.4, -0.2) is 6.61 Å². The Morgan fingerprint density at radius 3 is 2.44 bits per heavy atom. The van der Waals surface area contributed by atoms with Crippen LogP contribution in [0.1, 0.15) is 45.2 Å². The maximum Gasteiger partial charge on any atom is 0.119 e. The Balaban J connectivity index is 2.48. The van der Waals surface area contributed by atoms with E-state index in [9.17, 15) is 0 Å². The summed E-state index contributed by atoms with van der Waals surface area (Å²) in [6.45, 7) is 6.46. The number of ether oxygens (including phenoxy) is 1. The predicted molar refractivity (Wildman–Crippen MR) is 73.2 cm³/mol. The van der Waals surface area contributed by atoms with Crippen LogP contribution in [0.4, 0.5) is 0 Å². The summed E-state index contributed by atoms with van der Waals surface area (Å²) in [5.74, 6) is 0.829. The number of nitrogens with two attached hydrogens (primary N) is 1. The maximum absolute atomic E-state index is 8.90. The van der Waals surface area contributed by atoms with Gasteiger partial charge in [0, 0.05) is 6.04 Å². The van der Waals surface area contributed by atoms with Crippen LogP contribution in [0.3, 0.4) is 0 Å². The summed E-state index contributed by atoms with van der Waals surface area (Å²) in [4.78, 5) is 0. The molecule has 1 rings (SSSR count). The summed E-state index contributed by atoms with van der Waals surface area (Å²) in [5.41, 5.74) is 6.74. The number of nitrogens with zero attached hydrogens (tertiary/aromatic N) is 1. The first-order chi connectivity index (χ1) is 8.48. The molecular weight excluding hydrogens is 224 g/mol. The Labute approximate surface area is 110 Å². The second-order valence-corrected chi connectivity index (χ2v) is 5.18.